The summed E-state index contributed by atoms with van der Waals surface area (Å²) in [5.41, 5.74) is 1.13. The number of carbonyl (C=O) groups is 3. The monoisotopic (exact) mass is 637 g/mol. The zero-order valence-electron chi connectivity index (χ0n) is 25.5. The first-order valence-electron chi connectivity index (χ1n) is 15.4. The largest absolute Gasteiger partial charge is 0.499 e. The van der Waals surface area contributed by atoms with Crippen LogP contribution < -0.4 is 5.32 Å². The van der Waals surface area contributed by atoms with Crippen LogP contribution >= 0.6 is 0 Å². The molecule has 2 aromatic carbocycles. The second-order valence-corrected chi connectivity index (χ2v) is 11.9. The predicted octanol–water partition coefficient (Wildman–Crippen LogP) is 0.386. The van der Waals surface area contributed by atoms with Crippen molar-refractivity contribution in [3.8, 4) is 0 Å². The van der Waals surface area contributed by atoms with Crippen LogP contribution in [-0.4, -0.2) is 115 Å². The molecular formula is C33H39N3O10. The van der Waals surface area contributed by atoms with E-state index in [1.807, 2.05) is 54.6 Å². The van der Waals surface area contributed by atoms with Crippen molar-refractivity contribution >= 4 is 23.9 Å². The number of aliphatic hydroxyl groups is 2. The number of fused-ring (bicyclic) bond motifs is 4. The number of hydroxylamine groups is 2. The average Bonchev–Trinajstić information content (AvgIpc) is 3.70. The van der Waals surface area contributed by atoms with Gasteiger partial charge >= 0.3 is 5.97 Å². The third kappa shape index (κ3) is 6.01. The van der Waals surface area contributed by atoms with Crippen molar-refractivity contribution in [1.82, 2.24) is 15.3 Å². The van der Waals surface area contributed by atoms with E-state index in [0.717, 1.165) is 16.7 Å². The SMILES string of the molecule is CN(C(=O)[C@@]12C[C@H]3OC(=O)[C@@H]1N(Cc1ccc(C=COCCO)cc1)O[C@@H]2[C@H]1OCO[C@H]13)[C@H](Cc1ccccc1)C(=O)NCCO. The molecule has 2 aromatic rings. The molecule has 0 aromatic heterocycles. The molecule has 2 amide bonds. The number of carbonyl (C=O) groups excluding carboxylic acids is 3. The quantitative estimate of drug-likeness (QED) is 0.159. The van der Waals surface area contributed by atoms with Gasteiger partial charge in [-0.15, -0.1) is 0 Å². The van der Waals surface area contributed by atoms with Crippen molar-refractivity contribution in [2.45, 2.75) is 55.9 Å². The lowest BCUT2D eigenvalue weighted by atomic mass is 9.62. The minimum absolute atomic E-state index is 0.0226. The molecule has 3 aliphatic heterocycles. The van der Waals surface area contributed by atoms with Crippen LogP contribution in [0.3, 0.4) is 0 Å². The lowest BCUT2D eigenvalue weighted by Crippen LogP contribution is -2.70. The summed E-state index contributed by atoms with van der Waals surface area (Å²) in [4.78, 5) is 50.0. The Morgan fingerprint density at radius 1 is 1.09 bits per heavy atom. The fourth-order valence-electron chi connectivity index (χ4n) is 6.98. The van der Waals surface area contributed by atoms with E-state index < -0.39 is 59.7 Å². The van der Waals surface area contributed by atoms with Gasteiger partial charge in [0.05, 0.1) is 26.0 Å². The van der Waals surface area contributed by atoms with Crippen LogP contribution in [0, 0.1) is 5.41 Å². The van der Waals surface area contributed by atoms with E-state index in [1.54, 1.807) is 13.1 Å². The topological polar surface area (TPSA) is 156 Å². The van der Waals surface area contributed by atoms with Crippen LogP contribution in [0.4, 0.5) is 0 Å². The second-order valence-electron chi connectivity index (χ2n) is 11.9. The van der Waals surface area contributed by atoms with Gasteiger partial charge in [-0.05, 0) is 22.8 Å². The summed E-state index contributed by atoms with van der Waals surface area (Å²) in [5, 5.41) is 22.5. The molecule has 3 saturated heterocycles. The molecule has 1 saturated carbocycles. The summed E-state index contributed by atoms with van der Waals surface area (Å²) in [6.07, 6.45) is 0.800. The molecule has 2 bridgehead atoms. The molecule has 13 heteroatoms. The molecule has 0 unspecified atom stereocenters. The van der Waals surface area contributed by atoms with Crippen molar-refractivity contribution < 1.29 is 48.4 Å². The van der Waals surface area contributed by atoms with Gasteiger partial charge in [0, 0.05) is 26.4 Å². The molecule has 1 aliphatic carbocycles. The Labute approximate surface area is 266 Å². The zero-order valence-corrected chi connectivity index (χ0v) is 25.5. The first kappa shape index (κ1) is 32.1. The molecule has 0 spiro atoms. The summed E-state index contributed by atoms with van der Waals surface area (Å²) >= 11 is 0. The van der Waals surface area contributed by atoms with Crippen molar-refractivity contribution in [1.29, 1.82) is 0 Å². The van der Waals surface area contributed by atoms with E-state index in [2.05, 4.69) is 5.32 Å². The number of aliphatic hydroxyl groups excluding tert-OH is 2. The minimum Gasteiger partial charge on any atom is -0.499 e. The highest BCUT2D eigenvalue weighted by atomic mass is 16.8. The Hall–Kier alpha value is -3.85. The van der Waals surface area contributed by atoms with Gasteiger partial charge in [0.2, 0.25) is 11.8 Å². The van der Waals surface area contributed by atoms with Crippen LogP contribution in [0.5, 0.6) is 0 Å². The number of esters is 1. The van der Waals surface area contributed by atoms with Gasteiger partial charge < -0.3 is 39.4 Å². The van der Waals surface area contributed by atoms with Gasteiger partial charge in [-0.1, -0.05) is 54.6 Å². The highest BCUT2D eigenvalue weighted by Crippen LogP contribution is 2.56. The molecule has 4 fully saturated rings. The average molecular weight is 638 g/mol. The van der Waals surface area contributed by atoms with E-state index >= 15 is 0 Å². The summed E-state index contributed by atoms with van der Waals surface area (Å²) in [7, 11) is 1.57. The highest BCUT2D eigenvalue weighted by molar-refractivity contribution is 5.96. The standard InChI is InChI=1S/C33H39N3O10/c1-35(24(30(39)34-12-13-37)17-22-5-3-2-4-6-22)32(41)33-18-25-26-27(44-20-43-26)29(33)46-36(28(33)31(40)45-25)19-23-9-7-21(8-10-23)11-15-42-16-14-38/h2-11,15,24-29,37-38H,12-14,16-20H2,1H3,(H,34,39)/t24-,25-,26+,27+,28+,29-,33+/m1/s1. The number of nitrogens with one attached hydrogen (secondary N) is 1. The van der Waals surface area contributed by atoms with Crippen molar-refractivity contribution in [3.63, 3.8) is 0 Å². The zero-order chi connectivity index (χ0) is 32.3. The normalized spacial score (nSPS) is 28.8. The lowest BCUT2D eigenvalue weighted by molar-refractivity contribution is -0.204. The van der Waals surface area contributed by atoms with E-state index in [1.165, 1.54) is 16.2 Å². The van der Waals surface area contributed by atoms with Crippen LogP contribution in [-0.2, 0) is 51.1 Å². The summed E-state index contributed by atoms with van der Waals surface area (Å²) in [6, 6.07) is 14.8. The van der Waals surface area contributed by atoms with Crippen LogP contribution in [0.2, 0.25) is 0 Å². The third-order valence-electron chi connectivity index (χ3n) is 9.13. The minimum atomic E-state index is -1.41. The molecule has 6 rings (SSSR count). The van der Waals surface area contributed by atoms with E-state index in [9.17, 15) is 19.5 Å². The molecule has 3 N–H and O–H groups in total. The number of likely N-dealkylation sites (N-methyl/N-ethyl adjacent to an activating group) is 1. The molecule has 246 valence electrons. The van der Waals surface area contributed by atoms with E-state index in [-0.39, 0.29) is 52.5 Å². The van der Waals surface area contributed by atoms with Gasteiger partial charge in [-0.2, -0.15) is 5.06 Å². The van der Waals surface area contributed by atoms with Gasteiger partial charge in [-0.25, -0.2) is 0 Å². The van der Waals surface area contributed by atoms with Crippen LogP contribution in [0.1, 0.15) is 23.1 Å². The number of ether oxygens (including phenoxy) is 4. The lowest BCUT2D eigenvalue weighted by Gasteiger charge is -2.50. The summed E-state index contributed by atoms with van der Waals surface area (Å²) in [6.45, 7) is 0.0627. The first-order chi connectivity index (χ1) is 22.4. The first-order valence-corrected chi connectivity index (χ1v) is 15.4. The fraction of sp³-hybridized carbons (Fsp3) is 0.485. The maximum atomic E-state index is 14.9. The Morgan fingerprint density at radius 3 is 2.59 bits per heavy atom. The maximum Gasteiger partial charge on any atom is 0.327 e. The Balaban J connectivity index is 1.31. The van der Waals surface area contributed by atoms with Crippen LogP contribution in [0.15, 0.2) is 60.9 Å². The van der Waals surface area contributed by atoms with E-state index in [0.29, 0.717) is 0 Å². The number of hydrogen-bond donors (Lipinski definition) is 3. The number of rotatable bonds is 13. The van der Waals surface area contributed by atoms with Gasteiger partial charge in [-0.3, -0.25) is 19.2 Å². The van der Waals surface area contributed by atoms with Gasteiger partial charge in [0.15, 0.2) is 6.04 Å². The molecule has 13 nitrogen and oxygen atoms in total. The Kier molecular flexibility index (Phi) is 9.68. The number of benzene rings is 2. The Morgan fingerprint density at radius 2 is 1.85 bits per heavy atom. The molecule has 7 atom stereocenters. The number of nitrogens with zero attached hydrogens (tertiary/aromatic N) is 2. The second kappa shape index (κ2) is 13.9. The van der Waals surface area contributed by atoms with Gasteiger partial charge in [0.25, 0.3) is 0 Å². The number of amides is 2. The molecule has 0 radical (unpaired) electrons. The highest BCUT2D eigenvalue weighted by Gasteiger charge is 2.75. The predicted molar refractivity (Wildman–Crippen MR) is 161 cm³/mol. The smallest absolute Gasteiger partial charge is 0.327 e. The van der Waals surface area contributed by atoms with Crippen molar-refractivity contribution in [3.05, 3.63) is 77.5 Å². The van der Waals surface area contributed by atoms with Gasteiger partial charge in [0.1, 0.15) is 49.3 Å². The van der Waals surface area contributed by atoms with Crippen LogP contribution in [0.25, 0.3) is 6.08 Å². The van der Waals surface area contributed by atoms with Crippen molar-refractivity contribution in [2.24, 2.45) is 5.41 Å². The number of hydrogen-bond acceptors (Lipinski definition) is 11. The Bertz CT molecular complexity index is 1420. The van der Waals surface area contributed by atoms with E-state index in [4.69, 9.17) is 28.9 Å². The molecule has 46 heavy (non-hydrogen) atoms. The summed E-state index contributed by atoms with van der Waals surface area (Å²) < 4.78 is 22.8. The molecular weight excluding hydrogens is 598 g/mol. The molecule has 4 aliphatic rings. The van der Waals surface area contributed by atoms with Crippen molar-refractivity contribution in [2.75, 3.05) is 40.2 Å². The maximum absolute atomic E-state index is 14.9. The summed E-state index contributed by atoms with van der Waals surface area (Å²) in [5.74, 6) is -1.45. The molecule has 3 heterocycles. The third-order valence-corrected chi connectivity index (χ3v) is 9.13. The fourth-order valence-corrected chi connectivity index (χ4v) is 6.98.